The van der Waals surface area contributed by atoms with Crippen molar-refractivity contribution < 1.29 is 14.3 Å². The number of rotatable bonds is 4. The van der Waals surface area contributed by atoms with Gasteiger partial charge >= 0.3 is 0 Å². The summed E-state index contributed by atoms with van der Waals surface area (Å²) in [6, 6.07) is 21.8. The summed E-state index contributed by atoms with van der Waals surface area (Å²) >= 11 is 1.60. The summed E-state index contributed by atoms with van der Waals surface area (Å²) in [6.45, 7) is 0.367. The molecule has 2 amide bonds. The number of para-hydroxylation sites is 1. The highest BCUT2D eigenvalue weighted by Gasteiger charge is 2.36. The molecule has 0 saturated carbocycles. The van der Waals surface area contributed by atoms with Crippen molar-refractivity contribution in [2.24, 2.45) is 0 Å². The quantitative estimate of drug-likeness (QED) is 0.478. The molecule has 1 aliphatic rings. The van der Waals surface area contributed by atoms with E-state index in [1.165, 1.54) is 4.90 Å². The number of nitrogens with zero attached hydrogens (tertiary/aromatic N) is 2. The molecular weight excluding hydrogens is 372 g/mol. The van der Waals surface area contributed by atoms with Crippen LogP contribution in [0.4, 0.5) is 5.69 Å². The molecule has 0 radical (unpaired) electrons. The van der Waals surface area contributed by atoms with E-state index in [4.69, 9.17) is 4.74 Å². The third-order valence-corrected chi connectivity index (χ3v) is 5.60. The molecule has 0 N–H and O–H groups in total. The molecule has 1 aromatic heterocycles. The van der Waals surface area contributed by atoms with Crippen LogP contribution in [0.15, 0.2) is 72.8 Å². The largest absolute Gasteiger partial charge is 0.486 e. The van der Waals surface area contributed by atoms with Gasteiger partial charge in [0, 0.05) is 0 Å². The van der Waals surface area contributed by atoms with Gasteiger partial charge < -0.3 is 4.74 Å². The van der Waals surface area contributed by atoms with Crippen molar-refractivity contribution in [2.75, 3.05) is 4.90 Å². The zero-order valence-electron chi connectivity index (χ0n) is 14.7. The predicted octanol–water partition coefficient (Wildman–Crippen LogP) is 4.68. The second-order valence-corrected chi connectivity index (χ2v) is 7.46. The van der Waals surface area contributed by atoms with E-state index in [1.807, 2.05) is 24.3 Å². The van der Waals surface area contributed by atoms with Crippen LogP contribution in [-0.2, 0) is 6.61 Å². The van der Waals surface area contributed by atoms with Gasteiger partial charge in [0.2, 0.25) is 0 Å². The summed E-state index contributed by atoms with van der Waals surface area (Å²) in [7, 11) is 0. The first kappa shape index (κ1) is 16.6. The minimum atomic E-state index is -0.302. The number of hydrogen-bond donors (Lipinski definition) is 0. The molecule has 1 aliphatic heterocycles. The van der Waals surface area contributed by atoms with Crippen molar-refractivity contribution in [3.05, 3.63) is 88.9 Å². The van der Waals surface area contributed by atoms with Gasteiger partial charge in [-0.1, -0.05) is 24.3 Å². The molecular formula is C22H14N2O3S. The van der Waals surface area contributed by atoms with Crippen molar-refractivity contribution in [2.45, 2.75) is 6.61 Å². The summed E-state index contributed by atoms with van der Waals surface area (Å²) < 4.78 is 6.94. The molecule has 5 rings (SSSR count). The Kier molecular flexibility index (Phi) is 3.91. The molecule has 6 heteroatoms. The number of ether oxygens (including phenoxy) is 1. The van der Waals surface area contributed by atoms with E-state index in [9.17, 15) is 9.59 Å². The standard InChI is InChI=1S/C22H14N2O3S/c25-21-16-5-1-2-6-17(16)22(26)24(21)14-9-11-15(12-10-14)27-13-20-23-18-7-3-4-8-19(18)28-20/h1-12H,13H2. The maximum Gasteiger partial charge on any atom is 0.266 e. The Balaban J connectivity index is 1.32. The summed E-state index contributed by atoms with van der Waals surface area (Å²) in [4.78, 5) is 30.9. The molecule has 28 heavy (non-hydrogen) atoms. The minimum Gasteiger partial charge on any atom is -0.486 e. The van der Waals surface area contributed by atoms with Gasteiger partial charge in [0.15, 0.2) is 0 Å². The number of imide groups is 1. The number of benzene rings is 3. The highest BCUT2D eigenvalue weighted by atomic mass is 32.1. The number of fused-ring (bicyclic) bond motifs is 2. The Bertz CT molecular complexity index is 1150. The van der Waals surface area contributed by atoms with Crippen LogP contribution in [0, 0.1) is 0 Å². The van der Waals surface area contributed by atoms with Crippen molar-refractivity contribution >= 4 is 39.1 Å². The van der Waals surface area contributed by atoms with E-state index in [2.05, 4.69) is 4.98 Å². The number of carbonyl (C=O) groups excluding carboxylic acids is 2. The lowest BCUT2D eigenvalue weighted by Crippen LogP contribution is -2.29. The topological polar surface area (TPSA) is 59.5 Å². The molecule has 0 spiro atoms. The maximum absolute atomic E-state index is 12.6. The Morgan fingerprint density at radius 1 is 0.821 bits per heavy atom. The monoisotopic (exact) mass is 386 g/mol. The predicted molar refractivity (Wildman–Crippen MR) is 108 cm³/mol. The number of aromatic nitrogens is 1. The third-order valence-electron chi connectivity index (χ3n) is 4.59. The number of hydrogen-bond acceptors (Lipinski definition) is 5. The molecule has 2 heterocycles. The Labute approximate surface area is 164 Å². The minimum absolute atomic E-state index is 0.302. The average Bonchev–Trinajstić information content (AvgIpc) is 3.26. The second kappa shape index (κ2) is 6.58. The van der Waals surface area contributed by atoms with E-state index < -0.39 is 0 Å². The lowest BCUT2D eigenvalue weighted by Gasteiger charge is -2.14. The van der Waals surface area contributed by atoms with Crippen LogP contribution in [0.2, 0.25) is 0 Å². The Morgan fingerprint density at radius 2 is 1.46 bits per heavy atom. The van der Waals surface area contributed by atoms with Crippen molar-refractivity contribution in [1.29, 1.82) is 0 Å². The van der Waals surface area contributed by atoms with Crippen molar-refractivity contribution in [3.8, 4) is 5.75 Å². The molecule has 4 aromatic rings. The first-order valence-electron chi connectivity index (χ1n) is 8.76. The van der Waals surface area contributed by atoms with Gasteiger partial charge in [0.25, 0.3) is 11.8 Å². The molecule has 0 bridgehead atoms. The fourth-order valence-electron chi connectivity index (χ4n) is 3.24. The normalized spacial score (nSPS) is 13.2. The van der Waals surface area contributed by atoms with Gasteiger partial charge in [-0.3, -0.25) is 9.59 Å². The zero-order chi connectivity index (χ0) is 19.1. The zero-order valence-corrected chi connectivity index (χ0v) is 15.5. The van der Waals surface area contributed by atoms with Crippen LogP contribution in [-0.4, -0.2) is 16.8 Å². The number of amides is 2. The van der Waals surface area contributed by atoms with E-state index in [-0.39, 0.29) is 11.8 Å². The lowest BCUT2D eigenvalue weighted by molar-refractivity contribution is 0.0926. The van der Waals surface area contributed by atoms with Gasteiger partial charge in [-0.25, -0.2) is 9.88 Å². The first-order valence-corrected chi connectivity index (χ1v) is 9.57. The molecule has 136 valence electrons. The SMILES string of the molecule is O=C1c2ccccc2C(=O)N1c1ccc(OCc2nc3ccccc3s2)cc1. The number of anilines is 1. The molecule has 0 saturated heterocycles. The van der Waals surface area contributed by atoms with Crippen LogP contribution >= 0.6 is 11.3 Å². The van der Waals surface area contributed by atoms with E-state index in [0.29, 0.717) is 29.2 Å². The van der Waals surface area contributed by atoms with Gasteiger partial charge in [0.1, 0.15) is 17.4 Å². The van der Waals surface area contributed by atoms with Crippen LogP contribution in [0.25, 0.3) is 10.2 Å². The number of thiazole rings is 1. The van der Waals surface area contributed by atoms with E-state index in [0.717, 1.165) is 15.2 Å². The highest BCUT2D eigenvalue weighted by Crippen LogP contribution is 2.30. The molecule has 0 unspecified atom stereocenters. The summed E-state index contributed by atoms with van der Waals surface area (Å²) in [5, 5.41) is 0.894. The summed E-state index contributed by atoms with van der Waals surface area (Å²) in [5.74, 6) is 0.0482. The number of carbonyl (C=O) groups is 2. The van der Waals surface area contributed by atoms with E-state index in [1.54, 1.807) is 59.9 Å². The lowest BCUT2D eigenvalue weighted by atomic mass is 10.1. The smallest absolute Gasteiger partial charge is 0.266 e. The van der Waals surface area contributed by atoms with Gasteiger partial charge in [-0.2, -0.15) is 0 Å². The van der Waals surface area contributed by atoms with E-state index >= 15 is 0 Å². The van der Waals surface area contributed by atoms with Crippen LogP contribution < -0.4 is 9.64 Å². The summed E-state index contributed by atoms with van der Waals surface area (Å²) in [6.07, 6.45) is 0. The van der Waals surface area contributed by atoms with Gasteiger partial charge in [-0.05, 0) is 48.5 Å². The van der Waals surface area contributed by atoms with Gasteiger partial charge in [0.05, 0.1) is 27.0 Å². The van der Waals surface area contributed by atoms with Crippen molar-refractivity contribution in [1.82, 2.24) is 4.98 Å². The Hall–Kier alpha value is -3.51. The third kappa shape index (κ3) is 2.75. The average molecular weight is 386 g/mol. The Morgan fingerprint density at radius 3 is 2.14 bits per heavy atom. The molecule has 3 aromatic carbocycles. The van der Waals surface area contributed by atoms with Crippen LogP contribution in [0.1, 0.15) is 25.7 Å². The molecule has 0 atom stereocenters. The maximum atomic E-state index is 12.6. The van der Waals surface area contributed by atoms with Gasteiger partial charge in [-0.15, -0.1) is 11.3 Å². The fraction of sp³-hybridized carbons (Fsp3) is 0.0455. The molecule has 0 aliphatic carbocycles. The molecule has 5 nitrogen and oxygen atoms in total. The van der Waals surface area contributed by atoms with Crippen LogP contribution in [0.3, 0.4) is 0 Å². The fourth-order valence-corrected chi connectivity index (χ4v) is 4.12. The summed E-state index contributed by atoms with van der Waals surface area (Å²) in [5.41, 5.74) is 2.36. The highest BCUT2D eigenvalue weighted by molar-refractivity contribution is 7.18. The van der Waals surface area contributed by atoms with Crippen LogP contribution in [0.5, 0.6) is 5.75 Å². The van der Waals surface area contributed by atoms with Crippen molar-refractivity contribution in [3.63, 3.8) is 0 Å². The first-order chi connectivity index (χ1) is 13.7. The molecule has 0 fully saturated rings. The second-order valence-electron chi connectivity index (χ2n) is 6.35.